The summed E-state index contributed by atoms with van der Waals surface area (Å²) in [5.41, 5.74) is 0.717. The molecule has 3 unspecified atom stereocenters. The molecule has 2 saturated carbocycles. The van der Waals surface area contributed by atoms with Crippen LogP contribution in [0.5, 0.6) is 0 Å². The van der Waals surface area contributed by atoms with Crippen molar-refractivity contribution in [3.8, 4) is 0 Å². The molecule has 0 radical (unpaired) electrons. The summed E-state index contributed by atoms with van der Waals surface area (Å²) in [6, 6.07) is 1.55. The number of sulfonamides is 1. The Morgan fingerprint density at radius 3 is 2.67 bits per heavy atom. The van der Waals surface area contributed by atoms with Gasteiger partial charge < -0.3 is 5.11 Å². The van der Waals surface area contributed by atoms with E-state index >= 15 is 0 Å². The van der Waals surface area contributed by atoms with Crippen molar-refractivity contribution in [2.45, 2.75) is 56.9 Å². The zero-order valence-corrected chi connectivity index (χ0v) is 14.4. The lowest BCUT2D eigenvalue weighted by molar-refractivity contribution is 0.127. The number of fused-ring (bicyclic) bond motifs is 2. The number of aliphatic hydroxyl groups is 1. The van der Waals surface area contributed by atoms with Gasteiger partial charge in [0.25, 0.3) is 0 Å². The van der Waals surface area contributed by atoms with Crippen LogP contribution >= 0.6 is 11.3 Å². The van der Waals surface area contributed by atoms with E-state index in [1.165, 1.54) is 17.8 Å². The lowest BCUT2D eigenvalue weighted by atomic mass is 9.69. The number of nitrogens with one attached hydrogen (secondary N) is 1. The van der Waals surface area contributed by atoms with Gasteiger partial charge in [0.2, 0.25) is 10.0 Å². The topological polar surface area (TPSA) is 66.4 Å². The molecule has 3 rings (SSSR count). The Morgan fingerprint density at radius 2 is 2.14 bits per heavy atom. The van der Waals surface area contributed by atoms with E-state index < -0.39 is 10.0 Å². The van der Waals surface area contributed by atoms with E-state index in [1.807, 2.05) is 0 Å². The molecule has 6 heteroatoms. The summed E-state index contributed by atoms with van der Waals surface area (Å²) in [5, 5.41) is 10.8. The minimum absolute atomic E-state index is 0.00284. The van der Waals surface area contributed by atoms with Gasteiger partial charge in [-0.1, -0.05) is 20.8 Å². The van der Waals surface area contributed by atoms with Crippen LogP contribution < -0.4 is 4.72 Å². The highest BCUT2D eigenvalue weighted by molar-refractivity contribution is 7.91. The van der Waals surface area contributed by atoms with E-state index in [-0.39, 0.29) is 23.5 Å². The molecule has 3 atom stereocenters. The third kappa shape index (κ3) is 2.36. The first kappa shape index (κ1) is 15.5. The molecule has 1 heterocycles. The summed E-state index contributed by atoms with van der Waals surface area (Å²) >= 11 is 1.17. The molecule has 4 nitrogen and oxygen atoms in total. The lowest BCUT2D eigenvalue weighted by Crippen LogP contribution is -2.52. The fourth-order valence-electron chi connectivity index (χ4n) is 4.39. The first-order valence-electron chi connectivity index (χ1n) is 7.40. The zero-order valence-electron chi connectivity index (χ0n) is 12.7. The number of aliphatic hydroxyl groups excluding tert-OH is 1. The van der Waals surface area contributed by atoms with Crippen molar-refractivity contribution in [2.75, 3.05) is 0 Å². The third-order valence-corrected chi connectivity index (χ3v) is 8.53. The predicted molar refractivity (Wildman–Crippen MR) is 83.6 cm³/mol. The molecule has 2 bridgehead atoms. The molecule has 2 N–H and O–H groups in total. The maximum atomic E-state index is 12.6. The van der Waals surface area contributed by atoms with Gasteiger partial charge in [0.05, 0.1) is 6.61 Å². The van der Waals surface area contributed by atoms with Crippen LogP contribution in [0, 0.1) is 16.7 Å². The number of hydrogen-bond donors (Lipinski definition) is 2. The normalized spacial score (nSPS) is 34.5. The van der Waals surface area contributed by atoms with Crippen molar-refractivity contribution < 1.29 is 13.5 Å². The Bertz CT molecular complexity index is 645. The Kier molecular flexibility index (Phi) is 3.52. The van der Waals surface area contributed by atoms with Gasteiger partial charge in [0.1, 0.15) is 4.21 Å². The summed E-state index contributed by atoms with van der Waals surface area (Å²) < 4.78 is 28.6. The van der Waals surface area contributed by atoms with Crippen molar-refractivity contribution in [2.24, 2.45) is 16.7 Å². The van der Waals surface area contributed by atoms with Crippen molar-refractivity contribution in [3.63, 3.8) is 0 Å². The van der Waals surface area contributed by atoms with Crippen LogP contribution in [0.3, 0.4) is 0 Å². The molecule has 2 aliphatic carbocycles. The molecule has 2 fully saturated rings. The van der Waals surface area contributed by atoms with Gasteiger partial charge in [-0.05, 0) is 53.0 Å². The number of hydrogen-bond acceptors (Lipinski definition) is 4. The third-order valence-electron chi connectivity index (χ3n) is 5.62. The van der Waals surface area contributed by atoms with Crippen molar-refractivity contribution in [1.29, 1.82) is 0 Å². The Hall–Kier alpha value is -0.430. The summed E-state index contributed by atoms with van der Waals surface area (Å²) in [5.74, 6) is 0.603. The van der Waals surface area contributed by atoms with Crippen LogP contribution in [0.15, 0.2) is 15.7 Å². The summed E-state index contributed by atoms with van der Waals surface area (Å²) in [7, 11) is -3.51. The monoisotopic (exact) mass is 329 g/mol. The second kappa shape index (κ2) is 4.78. The largest absolute Gasteiger partial charge is 0.392 e. The molecule has 0 spiro atoms. The van der Waals surface area contributed by atoms with Gasteiger partial charge in [-0.2, -0.15) is 0 Å². The highest BCUT2D eigenvalue weighted by atomic mass is 32.2. The SMILES string of the molecule is CC12CCC(C1)C(C)(C)C2NS(=O)(=O)c1cc(CO)cs1. The van der Waals surface area contributed by atoms with Gasteiger partial charge in [-0.25, -0.2) is 13.1 Å². The molecular weight excluding hydrogens is 306 g/mol. The average molecular weight is 329 g/mol. The van der Waals surface area contributed by atoms with Crippen LogP contribution in [0.25, 0.3) is 0 Å². The highest BCUT2D eigenvalue weighted by Gasteiger charge is 2.60. The minimum atomic E-state index is -3.51. The van der Waals surface area contributed by atoms with E-state index in [2.05, 4.69) is 25.5 Å². The van der Waals surface area contributed by atoms with E-state index in [4.69, 9.17) is 5.11 Å². The Morgan fingerprint density at radius 1 is 1.43 bits per heavy atom. The zero-order chi connectivity index (χ0) is 15.5. The quantitative estimate of drug-likeness (QED) is 0.892. The Balaban J connectivity index is 1.89. The summed E-state index contributed by atoms with van der Waals surface area (Å²) in [4.78, 5) is 0. The van der Waals surface area contributed by atoms with Crippen LogP contribution in [0.1, 0.15) is 45.6 Å². The Labute approximate surface area is 130 Å². The molecule has 0 aliphatic heterocycles. The molecule has 0 saturated heterocycles. The lowest BCUT2D eigenvalue weighted by Gasteiger charge is -2.42. The van der Waals surface area contributed by atoms with Crippen LogP contribution in [-0.2, 0) is 16.6 Å². The van der Waals surface area contributed by atoms with Crippen molar-refractivity contribution >= 4 is 21.4 Å². The molecule has 0 aromatic carbocycles. The van der Waals surface area contributed by atoms with Crippen molar-refractivity contribution in [1.82, 2.24) is 4.72 Å². The molecule has 2 aliphatic rings. The van der Waals surface area contributed by atoms with Gasteiger partial charge in [-0.3, -0.25) is 0 Å². The van der Waals surface area contributed by atoms with Gasteiger partial charge in [0.15, 0.2) is 0 Å². The van der Waals surface area contributed by atoms with Gasteiger partial charge in [-0.15, -0.1) is 11.3 Å². The van der Waals surface area contributed by atoms with Crippen LogP contribution in [0.4, 0.5) is 0 Å². The maximum Gasteiger partial charge on any atom is 0.250 e. The fourth-order valence-corrected chi connectivity index (χ4v) is 7.13. The minimum Gasteiger partial charge on any atom is -0.392 e. The van der Waals surface area contributed by atoms with E-state index in [0.717, 1.165) is 12.8 Å². The highest BCUT2D eigenvalue weighted by Crippen LogP contribution is 2.62. The number of rotatable bonds is 4. The predicted octanol–water partition coefficient (Wildman–Crippen LogP) is 2.73. The summed E-state index contributed by atoms with van der Waals surface area (Å²) in [6.07, 6.45) is 3.41. The van der Waals surface area contributed by atoms with E-state index in [1.54, 1.807) is 11.4 Å². The average Bonchev–Trinajstić information content (AvgIpc) is 3.06. The fraction of sp³-hybridized carbons (Fsp3) is 0.733. The first-order valence-corrected chi connectivity index (χ1v) is 9.76. The molecule has 1 aromatic rings. The molecular formula is C15H23NO3S2. The van der Waals surface area contributed by atoms with Crippen LogP contribution in [0.2, 0.25) is 0 Å². The van der Waals surface area contributed by atoms with Gasteiger partial charge >= 0.3 is 0 Å². The first-order chi connectivity index (χ1) is 9.69. The summed E-state index contributed by atoms with van der Waals surface area (Å²) in [6.45, 7) is 6.45. The molecule has 1 aromatic heterocycles. The molecule has 21 heavy (non-hydrogen) atoms. The van der Waals surface area contributed by atoms with Gasteiger partial charge in [0, 0.05) is 6.04 Å². The second-order valence-electron chi connectivity index (χ2n) is 7.40. The van der Waals surface area contributed by atoms with Crippen molar-refractivity contribution in [3.05, 3.63) is 17.0 Å². The molecule has 118 valence electrons. The molecule has 0 amide bonds. The van der Waals surface area contributed by atoms with E-state index in [9.17, 15) is 8.42 Å². The van der Waals surface area contributed by atoms with E-state index in [0.29, 0.717) is 15.7 Å². The maximum absolute atomic E-state index is 12.6. The standard InChI is InChI=1S/C15H23NO3S2/c1-14(2)11-4-5-15(3,7-11)13(14)16-21(18,19)12-6-10(8-17)9-20-12/h6,9,11,13,16-17H,4-5,7-8H2,1-3H3. The number of thiophene rings is 1. The second-order valence-corrected chi connectivity index (χ2v) is 10.3. The smallest absolute Gasteiger partial charge is 0.250 e. The van der Waals surface area contributed by atoms with Crippen LogP contribution in [-0.4, -0.2) is 19.6 Å².